The van der Waals surface area contributed by atoms with E-state index in [1.54, 1.807) is 35.7 Å². The Morgan fingerprint density at radius 2 is 1.76 bits per heavy atom. The number of fused-ring (bicyclic) bond motifs is 1. The average Bonchev–Trinajstić information content (AvgIpc) is 3.17. The molecular weight excluding hydrogens is 435 g/mol. The molecule has 0 fully saturated rings. The van der Waals surface area contributed by atoms with E-state index in [0.29, 0.717) is 26.8 Å². The molecule has 5 nitrogen and oxygen atoms in total. The van der Waals surface area contributed by atoms with Crippen molar-refractivity contribution in [3.05, 3.63) is 92.4 Å². The second-order valence-electron chi connectivity index (χ2n) is 6.26. The van der Waals surface area contributed by atoms with Crippen LogP contribution in [-0.2, 0) is 16.6 Å². The molecule has 148 valence electrons. The van der Waals surface area contributed by atoms with Crippen LogP contribution in [0.15, 0.2) is 71.1 Å². The number of nitrogens with one attached hydrogen (secondary N) is 1. The summed E-state index contributed by atoms with van der Waals surface area (Å²) in [7, 11) is -4.11. The van der Waals surface area contributed by atoms with E-state index in [0.717, 1.165) is 0 Å². The zero-order valence-electron chi connectivity index (χ0n) is 14.8. The number of anilines is 2. The normalized spacial score (nSPS) is 16.7. The maximum Gasteiger partial charge on any atom is 0.270 e. The number of carbonyl (C=O) groups excluding carboxylic acids is 1. The zero-order chi connectivity index (χ0) is 20.6. The molecular formula is C20H14ClFN2O3S2. The number of sulfonamides is 1. The molecule has 0 radical (unpaired) electrons. The van der Waals surface area contributed by atoms with Gasteiger partial charge >= 0.3 is 0 Å². The molecule has 3 aromatic rings. The van der Waals surface area contributed by atoms with Crippen LogP contribution in [0.2, 0.25) is 5.02 Å². The number of carbonyl (C=O) groups is 1. The smallest absolute Gasteiger partial charge is 0.270 e. The van der Waals surface area contributed by atoms with Crippen molar-refractivity contribution in [2.24, 2.45) is 0 Å². The molecule has 1 aromatic heterocycles. The first kappa shape index (κ1) is 19.6. The average molecular weight is 449 g/mol. The van der Waals surface area contributed by atoms with E-state index in [1.165, 1.54) is 46.1 Å². The van der Waals surface area contributed by atoms with Gasteiger partial charge in [-0.1, -0.05) is 23.7 Å². The highest BCUT2D eigenvalue weighted by atomic mass is 35.5. The van der Waals surface area contributed by atoms with E-state index < -0.39 is 21.6 Å². The third-order valence-electron chi connectivity index (χ3n) is 4.36. The van der Waals surface area contributed by atoms with Crippen LogP contribution in [0.4, 0.5) is 15.8 Å². The van der Waals surface area contributed by atoms with Gasteiger partial charge in [0.05, 0.1) is 12.2 Å². The van der Waals surface area contributed by atoms with Gasteiger partial charge < -0.3 is 5.32 Å². The maximum absolute atomic E-state index is 13.2. The van der Waals surface area contributed by atoms with Crippen molar-refractivity contribution in [1.29, 1.82) is 0 Å². The van der Waals surface area contributed by atoms with Crippen molar-refractivity contribution in [3.8, 4) is 0 Å². The Bertz CT molecular complexity index is 1200. The Kier molecular flexibility index (Phi) is 5.16. The van der Waals surface area contributed by atoms with Crippen molar-refractivity contribution >= 4 is 50.1 Å². The Balaban J connectivity index is 1.73. The molecule has 0 spiro atoms. The van der Waals surface area contributed by atoms with Crippen LogP contribution in [-0.4, -0.2) is 14.2 Å². The summed E-state index contributed by atoms with van der Waals surface area (Å²) in [6.45, 7) is -0.0160. The summed E-state index contributed by atoms with van der Waals surface area (Å²) in [6, 6.07) is 13.8. The number of ketones is 1. The number of thiophene rings is 1. The summed E-state index contributed by atoms with van der Waals surface area (Å²) in [6.07, 6.45) is 1.20. The number of Topliss-reactive ketones (excluding diaryl/α,β-unsaturated/α-hetero) is 1. The molecule has 0 saturated carbocycles. The molecule has 9 heteroatoms. The van der Waals surface area contributed by atoms with E-state index in [-0.39, 0.29) is 11.4 Å². The SMILES string of the molecule is O=C1/C(=C/Nc2ccc(Cl)cc2)S(=O)(=O)N(Cc2ccc(F)cc2)c2ccsc21. The van der Waals surface area contributed by atoms with Gasteiger partial charge in [-0.25, -0.2) is 12.8 Å². The fraction of sp³-hybridized carbons (Fsp3) is 0.0500. The Morgan fingerprint density at radius 3 is 2.45 bits per heavy atom. The number of nitrogens with zero attached hydrogens (tertiary/aromatic N) is 1. The van der Waals surface area contributed by atoms with Crippen molar-refractivity contribution in [1.82, 2.24) is 0 Å². The molecule has 0 saturated heterocycles. The number of benzene rings is 2. The molecule has 2 aromatic carbocycles. The van der Waals surface area contributed by atoms with Gasteiger partial charge in [-0.15, -0.1) is 11.3 Å². The predicted octanol–water partition coefficient (Wildman–Crippen LogP) is 5.03. The van der Waals surface area contributed by atoms with Crippen molar-refractivity contribution in [3.63, 3.8) is 0 Å². The second kappa shape index (κ2) is 7.62. The molecule has 2 heterocycles. The molecule has 1 aliphatic rings. The summed E-state index contributed by atoms with van der Waals surface area (Å²) in [4.78, 5) is 12.8. The number of halogens is 2. The number of hydrogen-bond acceptors (Lipinski definition) is 5. The Hall–Kier alpha value is -2.68. The van der Waals surface area contributed by atoms with Crippen LogP contribution in [0.25, 0.3) is 0 Å². The summed E-state index contributed by atoms with van der Waals surface area (Å²) in [5.41, 5.74) is 1.52. The first-order chi connectivity index (χ1) is 13.9. The van der Waals surface area contributed by atoms with Crippen LogP contribution in [0.1, 0.15) is 15.2 Å². The lowest BCUT2D eigenvalue weighted by Gasteiger charge is -2.29. The fourth-order valence-corrected chi connectivity index (χ4v) is 5.52. The molecule has 0 aliphatic carbocycles. The molecule has 0 unspecified atom stereocenters. The minimum Gasteiger partial charge on any atom is -0.360 e. The van der Waals surface area contributed by atoms with Gasteiger partial charge in [-0.3, -0.25) is 9.10 Å². The Labute approximate surface area is 176 Å². The second-order valence-corrected chi connectivity index (χ2v) is 9.45. The monoisotopic (exact) mass is 448 g/mol. The zero-order valence-corrected chi connectivity index (χ0v) is 17.2. The van der Waals surface area contributed by atoms with Crippen molar-refractivity contribution in [2.45, 2.75) is 6.54 Å². The topological polar surface area (TPSA) is 66.5 Å². The van der Waals surface area contributed by atoms with Crippen LogP contribution in [0.5, 0.6) is 0 Å². The van der Waals surface area contributed by atoms with Crippen LogP contribution in [0, 0.1) is 5.82 Å². The third-order valence-corrected chi connectivity index (χ3v) is 7.28. The van der Waals surface area contributed by atoms with Gasteiger partial charge in [0, 0.05) is 16.9 Å². The van der Waals surface area contributed by atoms with Crippen LogP contribution in [0.3, 0.4) is 0 Å². The first-order valence-electron chi connectivity index (χ1n) is 8.48. The molecule has 1 aliphatic heterocycles. The van der Waals surface area contributed by atoms with Crippen LogP contribution < -0.4 is 9.62 Å². The number of allylic oxidation sites excluding steroid dienone is 1. The lowest BCUT2D eigenvalue weighted by atomic mass is 10.2. The predicted molar refractivity (Wildman–Crippen MR) is 113 cm³/mol. The molecule has 0 amide bonds. The third kappa shape index (κ3) is 3.78. The van der Waals surface area contributed by atoms with Gasteiger partial charge in [-0.2, -0.15) is 0 Å². The van der Waals surface area contributed by atoms with Gasteiger partial charge in [0.15, 0.2) is 4.91 Å². The molecule has 1 N–H and O–H groups in total. The quantitative estimate of drug-likeness (QED) is 0.568. The lowest BCUT2D eigenvalue weighted by molar-refractivity contribution is 0.104. The highest BCUT2D eigenvalue weighted by molar-refractivity contribution is 7.97. The molecule has 4 rings (SSSR count). The Morgan fingerprint density at radius 1 is 1.07 bits per heavy atom. The molecule has 0 bridgehead atoms. The summed E-state index contributed by atoms with van der Waals surface area (Å²) in [5.74, 6) is -0.971. The minimum absolute atomic E-state index is 0.0160. The van der Waals surface area contributed by atoms with Crippen molar-refractivity contribution in [2.75, 3.05) is 9.62 Å². The van der Waals surface area contributed by atoms with Gasteiger partial charge in [0.2, 0.25) is 5.78 Å². The van der Waals surface area contributed by atoms with E-state index in [2.05, 4.69) is 5.32 Å². The lowest BCUT2D eigenvalue weighted by Crippen LogP contribution is -2.38. The fourth-order valence-electron chi connectivity index (χ4n) is 2.91. The first-order valence-corrected chi connectivity index (χ1v) is 11.2. The van der Waals surface area contributed by atoms with Crippen molar-refractivity contribution < 1.29 is 17.6 Å². The largest absolute Gasteiger partial charge is 0.360 e. The highest BCUT2D eigenvalue weighted by Crippen LogP contribution is 2.39. The highest BCUT2D eigenvalue weighted by Gasteiger charge is 2.41. The molecule has 29 heavy (non-hydrogen) atoms. The van der Waals surface area contributed by atoms with Gasteiger partial charge in [-0.05, 0) is 53.4 Å². The number of hydrogen-bond donors (Lipinski definition) is 1. The maximum atomic E-state index is 13.2. The van der Waals surface area contributed by atoms with E-state index in [9.17, 15) is 17.6 Å². The van der Waals surface area contributed by atoms with E-state index in [1.807, 2.05) is 0 Å². The number of rotatable bonds is 4. The van der Waals surface area contributed by atoms with Crippen LogP contribution >= 0.6 is 22.9 Å². The summed E-state index contributed by atoms with van der Waals surface area (Å²) >= 11 is 7.03. The summed E-state index contributed by atoms with van der Waals surface area (Å²) in [5, 5.41) is 5.06. The van der Waals surface area contributed by atoms with Gasteiger partial charge in [0.25, 0.3) is 10.0 Å². The standard InChI is InChI=1S/C20H14ClFN2O3S2/c21-14-3-7-16(8-4-14)23-11-18-19(25)20-17(9-10-28-20)24(29(18,26)27)12-13-1-5-15(22)6-2-13/h1-11,23H,12H2/b18-11-. The minimum atomic E-state index is -4.11. The van der Waals surface area contributed by atoms with E-state index in [4.69, 9.17) is 11.6 Å². The molecule has 0 atom stereocenters. The van der Waals surface area contributed by atoms with Gasteiger partial charge in [0.1, 0.15) is 10.7 Å². The summed E-state index contributed by atoms with van der Waals surface area (Å²) < 4.78 is 40.8. The van der Waals surface area contributed by atoms with E-state index >= 15 is 0 Å².